The van der Waals surface area contributed by atoms with Crippen LogP contribution in [-0.4, -0.2) is 24.4 Å². The molecule has 0 aromatic heterocycles. The standard InChI is InChI=1S/C19H14BrClN2O4/c1-2-27-19(26)11-7-9-12(10-8-11)23-17(24)15(21)16(18(23)25)22-14-6-4-3-5-13(14)20/h3-10,22H,2H2,1H3. The van der Waals surface area contributed by atoms with Gasteiger partial charge >= 0.3 is 5.97 Å². The molecule has 0 unspecified atom stereocenters. The summed E-state index contributed by atoms with van der Waals surface area (Å²) >= 11 is 9.48. The number of amides is 2. The summed E-state index contributed by atoms with van der Waals surface area (Å²) in [6.45, 7) is 1.97. The molecular weight excluding hydrogens is 436 g/mol. The Labute approximate surface area is 168 Å². The van der Waals surface area contributed by atoms with Gasteiger partial charge in [0.1, 0.15) is 10.7 Å². The maximum Gasteiger partial charge on any atom is 0.338 e. The fraction of sp³-hybridized carbons (Fsp3) is 0.105. The second-order valence-electron chi connectivity index (χ2n) is 5.51. The van der Waals surface area contributed by atoms with Crippen molar-refractivity contribution in [3.05, 3.63) is 69.3 Å². The lowest BCUT2D eigenvalue weighted by Gasteiger charge is -2.15. The molecule has 0 saturated heterocycles. The summed E-state index contributed by atoms with van der Waals surface area (Å²) in [5.74, 6) is -1.69. The molecule has 2 amide bonds. The Morgan fingerprint density at radius 2 is 1.78 bits per heavy atom. The van der Waals surface area contributed by atoms with E-state index in [0.29, 0.717) is 16.9 Å². The molecule has 1 aliphatic heterocycles. The lowest BCUT2D eigenvalue weighted by molar-refractivity contribution is -0.120. The van der Waals surface area contributed by atoms with Gasteiger partial charge in [0.25, 0.3) is 11.8 Å². The van der Waals surface area contributed by atoms with Crippen molar-refractivity contribution in [3.63, 3.8) is 0 Å². The fourth-order valence-corrected chi connectivity index (χ4v) is 3.10. The molecule has 6 nitrogen and oxygen atoms in total. The van der Waals surface area contributed by atoms with E-state index in [4.69, 9.17) is 16.3 Å². The van der Waals surface area contributed by atoms with Crippen LogP contribution in [0.2, 0.25) is 0 Å². The van der Waals surface area contributed by atoms with Gasteiger partial charge in [0.15, 0.2) is 0 Å². The normalized spacial score (nSPS) is 14.0. The minimum atomic E-state index is -0.639. The zero-order valence-corrected chi connectivity index (χ0v) is 16.5. The molecule has 0 saturated carbocycles. The zero-order chi connectivity index (χ0) is 19.6. The molecule has 0 atom stereocenters. The highest BCUT2D eigenvalue weighted by Gasteiger charge is 2.39. The summed E-state index contributed by atoms with van der Waals surface area (Å²) in [5.41, 5.74) is 1.22. The number of carbonyl (C=O) groups is 3. The van der Waals surface area contributed by atoms with Crippen molar-refractivity contribution in [2.24, 2.45) is 0 Å². The van der Waals surface area contributed by atoms with E-state index in [2.05, 4.69) is 21.2 Å². The van der Waals surface area contributed by atoms with Gasteiger partial charge in [-0.1, -0.05) is 23.7 Å². The summed E-state index contributed by atoms with van der Waals surface area (Å²) < 4.78 is 5.64. The number of esters is 1. The number of nitrogens with one attached hydrogen (secondary N) is 1. The molecule has 0 aliphatic carbocycles. The topological polar surface area (TPSA) is 75.7 Å². The molecule has 1 heterocycles. The third kappa shape index (κ3) is 3.74. The van der Waals surface area contributed by atoms with Crippen LogP contribution >= 0.6 is 27.5 Å². The van der Waals surface area contributed by atoms with E-state index < -0.39 is 17.8 Å². The Balaban J connectivity index is 1.85. The Kier molecular flexibility index (Phi) is 5.62. The van der Waals surface area contributed by atoms with Crippen molar-refractivity contribution >= 4 is 56.7 Å². The predicted molar refractivity (Wildman–Crippen MR) is 106 cm³/mol. The van der Waals surface area contributed by atoms with Crippen LogP contribution < -0.4 is 10.2 Å². The Morgan fingerprint density at radius 3 is 2.41 bits per heavy atom. The van der Waals surface area contributed by atoms with Gasteiger partial charge in [-0.3, -0.25) is 9.59 Å². The second kappa shape index (κ2) is 7.94. The summed E-state index contributed by atoms with van der Waals surface area (Å²) in [6.07, 6.45) is 0. The highest BCUT2D eigenvalue weighted by molar-refractivity contribution is 9.10. The molecule has 0 radical (unpaired) electrons. The van der Waals surface area contributed by atoms with E-state index in [1.807, 2.05) is 6.07 Å². The van der Waals surface area contributed by atoms with Gasteiger partial charge in [0.2, 0.25) is 0 Å². The molecule has 27 heavy (non-hydrogen) atoms. The SMILES string of the molecule is CCOC(=O)c1ccc(N2C(=O)C(Cl)=C(Nc3ccccc3Br)C2=O)cc1. The lowest BCUT2D eigenvalue weighted by Crippen LogP contribution is -2.32. The number of anilines is 2. The first-order valence-corrected chi connectivity index (χ1v) is 9.18. The number of halogens is 2. The van der Waals surface area contributed by atoms with Crippen molar-refractivity contribution < 1.29 is 19.1 Å². The van der Waals surface area contributed by atoms with E-state index in [1.165, 1.54) is 24.3 Å². The van der Waals surface area contributed by atoms with Crippen molar-refractivity contribution in [2.45, 2.75) is 6.92 Å². The van der Waals surface area contributed by atoms with E-state index in [9.17, 15) is 14.4 Å². The number of nitrogens with zero attached hydrogens (tertiary/aromatic N) is 1. The minimum absolute atomic E-state index is 0.0111. The van der Waals surface area contributed by atoms with Crippen molar-refractivity contribution in [1.82, 2.24) is 0 Å². The molecule has 2 aromatic carbocycles. The van der Waals surface area contributed by atoms with Crippen LogP contribution in [-0.2, 0) is 14.3 Å². The Morgan fingerprint density at radius 1 is 1.11 bits per heavy atom. The van der Waals surface area contributed by atoms with Crippen LogP contribution in [0.3, 0.4) is 0 Å². The number of carbonyl (C=O) groups excluding carboxylic acids is 3. The number of para-hydroxylation sites is 1. The van der Waals surface area contributed by atoms with Gasteiger partial charge in [-0.2, -0.15) is 0 Å². The Bertz CT molecular complexity index is 956. The van der Waals surface area contributed by atoms with Gasteiger partial charge in [0.05, 0.1) is 23.5 Å². The molecule has 138 valence electrons. The van der Waals surface area contributed by atoms with Crippen molar-refractivity contribution in [3.8, 4) is 0 Å². The second-order valence-corrected chi connectivity index (χ2v) is 6.74. The van der Waals surface area contributed by atoms with Gasteiger partial charge < -0.3 is 10.1 Å². The molecule has 0 bridgehead atoms. The summed E-state index contributed by atoms with van der Waals surface area (Å²) in [7, 11) is 0. The third-order valence-electron chi connectivity index (χ3n) is 3.80. The van der Waals surface area contributed by atoms with Crippen LogP contribution in [0, 0.1) is 0 Å². The van der Waals surface area contributed by atoms with E-state index in [-0.39, 0.29) is 17.3 Å². The average Bonchev–Trinajstić information content (AvgIpc) is 2.87. The maximum absolute atomic E-state index is 12.8. The highest BCUT2D eigenvalue weighted by Crippen LogP contribution is 2.32. The van der Waals surface area contributed by atoms with Crippen LogP contribution in [0.25, 0.3) is 0 Å². The first kappa shape index (κ1) is 19.1. The number of benzene rings is 2. The molecule has 2 aromatic rings. The summed E-state index contributed by atoms with van der Waals surface area (Å²) in [5, 5.41) is 2.70. The molecule has 0 fully saturated rings. The molecule has 1 aliphatic rings. The minimum Gasteiger partial charge on any atom is -0.462 e. The zero-order valence-electron chi connectivity index (χ0n) is 14.2. The van der Waals surface area contributed by atoms with E-state index >= 15 is 0 Å². The number of hydrogen-bond donors (Lipinski definition) is 1. The average molecular weight is 450 g/mol. The monoisotopic (exact) mass is 448 g/mol. The molecule has 0 spiro atoms. The number of rotatable bonds is 5. The molecule has 1 N–H and O–H groups in total. The lowest BCUT2D eigenvalue weighted by atomic mass is 10.2. The van der Waals surface area contributed by atoms with Crippen LogP contribution in [0.15, 0.2) is 63.7 Å². The number of ether oxygens (including phenoxy) is 1. The van der Waals surface area contributed by atoms with Gasteiger partial charge in [-0.15, -0.1) is 0 Å². The summed E-state index contributed by atoms with van der Waals surface area (Å²) in [6, 6.07) is 13.1. The van der Waals surface area contributed by atoms with Crippen molar-refractivity contribution in [2.75, 3.05) is 16.8 Å². The van der Waals surface area contributed by atoms with E-state index in [0.717, 1.165) is 9.37 Å². The first-order valence-electron chi connectivity index (χ1n) is 8.01. The van der Waals surface area contributed by atoms with Crippen LogP contribution in [0.4, 0.5) is 11.4 Å². The first-order chi connectivity index (χ1) is 12.9. The van der Waals surface area contributed by atoms with Gasteiger partial charge in [-0.25, -0.2) is 9.69 Å². The Hall–Kier alpha value is -2.64. The molecule has 3 rings (SSSR count). The van der Waals surface area contributed by atoms with Crippen molar-refractivity contribution in [1.29, 1.82) is 0 Å². The third-order valence-corrected chi connectivity index (χ3v) is 4.84. The highest BCUT2D eigenvalue weighted by atomic mass is 79.9. The van der Waals surface area contributed by atoms with Crippen LogP contribution in [0.5, 0.6) is 0 Å². The van der Waals surface area contributed by atoms with E-state index in [1.54, 1.807) is 25.1 Å². The largest absolute Gasteiger partial charge is 0.462 e. The van der Waals surface area contributed by atoms with Gasteiger partial charge in [-0.05, 0) is 59.3 Å². The van der Waals surface area contributed by atoms with Gasteiger partial charge in [0, 0.05) is 4.47 Å². The maximum atomic E-state index is 12.8. The molecular formula is C19H14BrClN2O4. The number of hydrogen-bond acceptors (Lipinski definition) is 5. The quantitative estimate of drug-likeness (QED) is 0.550. The number of imide groups is 1. The fourth-order valence-electron chi connectivity index (χ4n) is 2.50. The molecule has 8 heteroatoms. The summed E-state index contributed by atoms with van der Waals surface area (Å²) in [4.78, 5) is 37.9. The van der Waals surface area contributed by atoms with Crippen LogP contribution in [0.1, 0.15) is 17.3 Å². The predicted octanol–water partition coefficient (Wildman–Crippen LogP) is 4.06. The smallest absolute Gasteiger partial charge is 0.338 e.